The molecule has 1 aliphatic rings. The van der Waals surface area contributed by atoms with Crippen LogP contribution < -0.4 is 20.3 Å². The molecular formula is C24H27N5O4S. The molecule has 2 N–H and O–H groups in total. The average Bonchev–Trinajstić information content (AvgIpc) is 2.84. The number of anilines is 3. The monoisotopic (exact) mass is 481 g/mol. The normalized spacial score (nSPS) is 16.1. The van der Waals surface area contributed by atoms with Crippen LogP contribution in [0.2, 0.25) is 0 Å². The molecular weight excluding hydrogens is 454 g/mol. The fourth-order valence-electron chi connectivity index (χ4n) is 3.82. The summed E-state index contributed by atoms with van der Waals surface area (Å²) in [5, 5.41) is 6.27. The van der Waals surface area contributed by atoms with Gasteiger partial charge in [0.15, 0.2) is 15.7 Å². The molecule has 1 aromatic heterocycles. The second-order valence-corrected chi connectivity index (χ2v) is 10.2. The lowest BCUT2D eigenvalue weighted by molar-refractivity contribution is 0.0933. The van der Waals surface area contributed by atoms with Gasteiger partial charge < -0.3 is 20.3 Å². The first-order valence-corrected chi connectivity index (χ1v) is 12.8. The van der Waals surface area contributed by atoms with Gasteiger partial charge in [0, 0.05) is 36.6 Å². The number of aromatic nitrogens is 2. The molecule has 3 aromatic rings. The number of methoxy groups -OCH3 is 1. The maximum Gasteiger partial charge on any atom is 0.251 e. The molecule has 0 saturated carbocycles. The van der Waals surface area contributed by atoms with E-state index in [2.05, 4.69) is 25.5 Å². The molecule has 10 heteroatoms. The number of piperidine rings is 1. The molecule has 1 aliphatic heterocycles. The number of hydrogen-bond acceptors (Lipinski definition) is 8. The lowest BCUT2D eigenvalue weighted by Crippen LogP contribution is -2.48. The van der Waals surface area contributed by atoms with E-state index in [-0.39, 0.29) is 16.8 Å². The first-order valence-electron chi connectivity index (χ1n) is 10.9. The fraction of sp³-hybridized carbons (Fsp3) is 0.292. The van der Waals surface area contributed by atoms with E-state index in [0.717, 1.165) is 19.4 Å². The third kappa shape index (κ3) is 5.82. The fourth-order valence-corrected chi connectivity index (χ4v) is 4.45. The van der Waals surface area contributed by atoms with Crippen molar-refractivity contribution >= 4 is 33.1 Å². The lowest BCUT2D eigenvalue weighted by Gasteiger charge is -2.34. The van der Waals surface area contributed by atoms with Gasteiger partial charge in [-0.15, -0.1) is 0 Å². The van der Waals surface area contributed by atoms with Crippen molar-refractivity contribution < 1.29 is 17.9 Å². The summed E-state index contributed by atoms with van der Waals surface area (Å²) in [6.45, 7) is 1.44. The van der Waals surface area contributed by atoms with Crippen LogP contribution in [0.5, 0.6) is 5.75 Å². The van der Waals surface area contributed by atoms with E-state index in [0.29, 0.717) is 35.2 Å². The minimum absolute atomic E-state index is 0.00898. The van der Waals surface area contributed by atoms with Crippen LogP contribution in [0.4, 0.5) is 17.3 Å². The highest BCUT2D eigenvalue weighted by Gasteiger charge is 2.23. The van der Waals surface area contributed by atoms with Crippen molar-refractivity contribution in [2.45, 2.75) is 23.8 Å². The zero-order valence-electron chi connectivity index (χ0n) is 19.1. The van der Waals surface area contributed by atoms with Crippen molar-refractivity contribution in [2.75, 3.05) is 36.7 Å². The molecule has 1 fully saturated rings. The van der Waals surface area contributed by atoms with Crippen LogP contribution in [-0.2, 0) is 9.84 Å². The first kappa shape index (κ1) is 23.5. The summed E-state index contributed by atoms with van der Waals surface area (Å²) in [6.07, 6.45) is 6.29. The summed E-state index contributed by atoms with van der Waals surface area (Å²) in [7, 11) is -1.66. The quantitative estimate of drug-likeness (QED) is 0.529. The smallest absolute Gasteiger partial charge is 0.251 e. The van der Waals surface area contributed by atoms with Crippen molar-refractivity contribution in [1.82, 2.24) is 15.3 Å². The molecule has 4 rings (SSSR count). The number of hydrogen-bond donors (Lipinski definition) is 2. The van der Waals surface area contributed by atoms with Gasteiger partial charge in [-0.2, -0.15) is 0 Å². The molecule has 34 heavy (non-hydrogen) atoms. The van der Waals surface area contributed by atoms with Gasteiger partial charge in [-0.05, 0) is 61.4 Å². The maximum absolute atomic E-state index is 12.7. The molecule has 0 spiro atoms. The largest absolute Gasteiger partial charge is 0.497 e. The Balaban J connectivity index is 1.40. The standard InChI is InChI=1S/C24H27N5O4S/c1-33-20-9-5-17(6-10-20)24(30)27-19-4-3-13-29(16-19)23-15-25-14-22(28-23)26-18-7-11-21(12-8-18)34(2,31)32/h5-12,14-15,19H,3-4,13,16H2,1-2H3,(H,26,28)(H,27,30)/t19-/m1/s1. The van der Waals surface area contributed by atoms with Crippen LogP contribution in [0.3, 0.4) is 0 Å². The molecule has 1 atom stereocenters. The van der Waals surface area contributed by atoms with Gasteiger partial charge >= 0.3 is 0 Å². The van der Waals surface area contributed by atoms with Gasteiger partial charge in [-0.1, -0.05) is 0 Å². The molecule has 0 bridgehead atoms. The van der Waals surface area contributed by atoms with Crippen molar-refractivity contribution in [3.63, 3.8) is 0 Å². The van der Waals surface area contributed by atoms with Gasteiger partial charge in [-0.3, -0.25) is 9.78 Å². The van der Waals surface area contributed by atoms with Crippen LogP contribution in [0, 0.1) is 0 Å². The Kier molecular flexibility index (Phi) is 6.97. The van der Waals surface area contributed by atoms with Crippen LogP contribution in [-0.4, -0.2) is 56.8 Å². The number of carbonyl (C=O) groups is 1. The molecule has 1 amide bonds. The third-order valence-electron chi connectivity index (χ3n) is 5.61. The highest BCUT2D eigenvalue weighted by Crippen LogP contribution is 2.22. The molecule has 0 radical (unpaired) electrons. The Bertz CT molecular complexity index is 1250. The Morgan fingerprint density at radius 2 is 1.82 bits per heavy atom. The highest BCUT2D eigenvalue weighted by molar-refractivity contribution is 7.90. The lowest BCUT2D eigenvalue weighted by atomic mass is 10.0. The highest BCUT2D eigenvalue weighted by atomic mass is 32.2. The third-order valence-corrected chi connectivity index (χ3v) is 6.74. The maximum atomic E-state index is 12.7. The number of nitrogens with zero attached hydrogens (tertiary/aromatic N) is 3. The van der Waals surface area contributed by atoms with Gasteiger partial charge in [0.2, 0.25) is 0 Å². The van der Waals surface area contributed by atoms with Crippen LogP contribution >= 0.6 is 0 Å². The Morgan fingerprint density at radius 3 is 2.50 bits per heavy atom. The van der Waals surface area contributed by atoms with Crippen LogP contribution in [0.1, 0.15) is 23.2 Å². The van der Waals surface area contributed by atoms with E-state index in [9.17, 15) is 13.2 Å². The van der Waals surface area contributed by atoms with Gasteiger partial charge in [0.25, 0.3) is 5.91 Å². The average molecular weight is 482 g/mol. The summed E-state index contributed by atoms with van der Waals surface area (Å²) in [6, 6.07) is 13.5. The molecule has 0 aliphatic carbocycles. The number of benzene rings is 2. The summed E-state index contributed by atoms with van der Waals surface area (Å²) < 4.78 is 28.4. The second kappa shape index (κ2) is 10.1. The first-order chi connectivity index (χ1) is 16.3. The van der Waals surface area contributed by atoms with Gasteiger partial charge in [0.05, 0.1) is 24.4 Å². The number of rotatable bonds is 7. The predicted molar refractivity (Wildman–Crippen MR) is 131 cm³/mol. The van der Waals surface area contributed by atoms with E-state index >= 15 is 0 Å². The van der Waals surface area contributed by atoms with Crippen LogP contribution in [0.15, 0.2) is 65.8 Å². The minimum Gasteiger partial charge on any atom is -0.497 e. The van der Waals surface area contributed by atoms with Gasteiger partial charge in [0.1, 0.15) is 11.6 Å². The summed E-state index contributed by atoms with van der Waals surface area (Å²) >= 11 is 0. The number of amides is 1. The van der Waals surface area contributed by atoms with E-state index < -0.39 is 9.84 Å². The number of carbonyl (C=O) groups excluding carboxylic acids is 1. The molecule has 2 heterocycles. The second-order valence-electron chi connectivity index (χ2n) is 8.17. The topological polar surface area (TPSA) is 114 Å². The molecule has 9 nitrogen and oxygen atoms in total. The molecule has 2 aromatic carbocycles. The molecule has 0 unspecified atom stereocenters. The summed E-state index contributed by atoms with van der Waals surface area (Å²) in [4.78, 5) is 24.0. The van der Waals surface area contributed by atoms with E-state index in [1.54, 1.807) is 68.0 Å². The van der Waals surface area contributed by atoms with E-state index in [1.807, 2.05) is 0 Å². The molecule has 178 valence electrons. The number of nitrogens with one attached hydrogen (secondary N) is 2. The Labute approximate surface area is 199 Å². The minimum atomic E-state index is -3.25. The zero-order valence-corrected chi connectivity index (χ0v) is 19.9. The number of sulfone groups is 1. The van der Waals surface area contributed by atoms with Crippen molar-refractivity contribution in [2.24, 2.45) is 0 Å². The van der Waals surface area contributed by atoms with E-state index in [4.69, 9.17) is 4.74 Å². The van der Waals surface area contributed by atoms with E-state index in [1.165, 1.54) is 6.26 Å². The van der Waals surface area contributed by atoms with Crippen molar-refractivity contribution in [3.05, 3.63) is 66.5 Å². The number of ether oxygens (including phenoxy) is 1. The SMILES string of the molecule is COc1ccc(C(=O)N[C@@H]2CCCN(c3cncc(Nc4ccc(S(C)(=O)=O)cc4)n3)C2)cc1. The zero-order chi connectivity index (χ0) is 24.1. The Hall–Kier alpha value is -3.66. The van der Waals surface area contributed by atoms with Crippen molar-refractivity contribution in [3.8, 4) is 5.75 Å². The summed E-state index contributed by atoms with van der Waals surface area (Å²) in [5.41, 5.74) is 1.30. The van der Waals surface area contributed by atoms with Crippen LogP contribution in [0.25, 0.3) is 0 Å². The Morgan fingerprint density at radius 1 is 1.09 bits per heavy atom. The van der Waals surface area contributed by atoms with Crippen molar-refractivity contribution in [1.29, 1.82) is 0 Å². The molecule has 1 saturated heterocycles. The predicted octanol–water partition coefficient (Wildman–Crippen LogP) is 3.03. The van der Waals surface area contributed by atoms with Gasteiger partial charge in [-0.25, -0.2) is 13.4 Å². The summed E-state index contributed by atoms with van der Waals surface area (Å²) in [5.74, 6) is 1.85.